The number of carbonyl (C=O) groups is 1. The van der Waals surface area contributed by atoms with E-state index in [0.29, 0.717) is 17.5 Å². The lowest BCUT2D eigenvalue weighted by Crippen LogP contribution is -2.41. The maximum Gasteiger partial charge on any atom is 0.229 e. The van der Waals surface area contributed by atoms with Crippen LogP contribution in [0, 0.1) is 18.2 Å². The molecule has 0 spiro atoms. The predicted octanol–water partition coefficient (Wildman–Crippen LogP) is 4.00. The van der Waals surface area contributed by atoms with E-state index in [0.717, 1.165) is 51.5 Å². The van der Waals surface area contributed by atoms with Gasteiger partial charge in [-0.3, -0.25) is 4.79 Å². The van der Waals surface area contributed by atoms with Crippen LogP contribution in [0.1, 0.15) is 63.0 Å². The summed E-state index contributed by atoms with van der Waals surface area (Å²) < 4.78 is 14.4. The third-order valence-corrected chi connectivity index (χ3v) is 6.13. The topological polar surface area (TPSA) is 40.5 Å². The molecule has 1 saturated carbocycles. The maximum absolute atomic E-state index is 14.4. The fourth-order valence-corrected chi connectivity index (χ4v) is 4.44. The van der Waals surface area contributed by atoms with Crippen molar-refractivity contribution in [2.24, 2.45) is 5.41 Å². The Kier molecular flexibility index (Phi) is 5.47. The molecule has 1 heterocycles. The molecule has 1 aromatic carbocycles. The van der Waals surface area contributed by atoms with E-state index in [4.69, 9.17) is 0 Å². The quantitative estimate of drug-likeness (QED) is 0.898. The molecule has 0 bridgehead atoms. The summed E-state index contributed by atoms with van der Waals surface area (Å²) in [6, 6.07) is 5.66. The number of benzene rings is 1. The van der Waals surface area contributed by atoms with E-state index in [1.165, 1.54) is 0 Å². The molecule has 1 N–H and O–H groups in total. The fourth-order valence-electron chi connectivity index (χ4n) is 4.44. The molecule has 3 atom stereocenters. The average molecular weight is 347 g/mol. The van der Waals surface area contributed by atoms with Gasteiger partial charge in [0.2, 0.25) is 5.91 Å². The van der Waals surface area contributed by atoms with Crippen molar-refractivity contribution in [2.75, 3.05) is 6.54 Å². The number of carbonyl (C=O) groups excluding carboxylic acids is 1. The highest BCUT2D eigenvalue weighted by molar-refractivity contribution is 5.85. The van der Waals surface area contributed by atoms with Gasteiger partial charge in [-0.25, -0.2) is 4.39 Å². The smallest absolute Gasteiger partial charge is 0.229 e. The Labute approximate surface area is 150 Å². The first-order valence-electron chi connectivity index (χ1n) is 9.64. The molecule has 2 aliphatic rings. The van der Waals surface area contributed by atoms with Crippen molar-refractivity contribution in [1.82, 2.24) is 4.90 Å². The molecule has 2 fully saturated rings. The van der Waals surface area contributed by atoms with Crippen molar-refractivity contribution in [1.29, 1.82) is 0 Å². The second-order valence-corrected chi connectivity index (χ2v) is 8.20. The highest BCUT2D eigenvalue weighted by Crippen LogP contribution is 2.38. The van der Waals surface area contributed by atoms with Gasteiger partial charge in [0, 0.05) is 12.6 Å². The molecule has 1 aromatic rings. The number of aliphatic hydroxyl groups excluding tert-OH is 1. The Morgan fingerprint density at radius 3 is 2.80 bits per heavy atom. The zero-order chi connectivity index (χ0) is 18.0. The molecule has 138 valence electrons. The maximum atomic E-state index is 14.4. The molecule has 25 heavy (non-hydrogen) atoms. The molecule has 3 rings (SSSR count). The lowest BCUT2D eigenvalue weighted by molar-refractivity contribution is -0.137. The summed E-state index contributed by atoms with van der Waals surface area (Å²) in [6.45, 7) is 4.50. The first-order valence-corrected chi connectivity index (χ1v) is 9.64. The number of aryl methyl sites for hydroxylation is 1. The second-order valence-electron chi connectivity index (χ2n) is 8.20. The summed E-state index contributed by atoms with van der Waals surface area (Å²) in [5, 5.41) is 9.95. The standard InChI is InChI=1S/C21H30FNO2/c1-15-6-5-7-16(19(15)22)14-21(2)12-13-23(20(21)25)17-8-3-4-9-18(24)11-10-17/h5-7,17-18,24H,3-4,8-14H2,1-2H3. The number of aliphatic hydroxyl groups is 1. The van der Waals surface area contributed by atoms with Gasteiger partial charge in [-0.05, 0) is 56.6 Å². The first-order chi connectivity index (χ1) is 11.9. The SMILES string of the molecule is Cc1cccc(CC2(C)CCN(C3CCCCC(O)CC3)C2=O)c1F. The molecule has 4 heteroatoms. The number of likely N-dealkylation sites (tertiary alicyclic amines) is 1. The predicted molar refractivity (Wildman–Crippen MR) is 96.8 cm³/mol. The lowest BCUT2D eigenvalue weighted by Gasteiger charge is -2.32. The molecule has 0 radical (unpaired) electrons. The monoisotopic (exact) mass is 347 g/mol. The normalized spacial score (nSPS) is 31.0. The Balaban J connectivity index is 1.72. The van der Waals surface area contributed by atoms with E-state index < -0.39 is 5.41 Å². The highest BCUT2D eigenvalue weighted by Gasteiger charge is 2.45. The van der Waals surface area contributed by atoms with E-state index >= 15 is 0 Å². The van der Waals surface area contributed by atoms with Crippen molar-refractivity contribution < 1.29 is 14.3 Å². The van der Waals surface area contributed by atoms with Gasteiger partial charge >= 0.3 is 0 Å². The van der Waals surface area contributed by atoms with Crippen LogP contribution in [-0.4, -0.2) is 34.6 Å². The van der Waals surface area contributed by atoms with E-state index in [-0.39, 0.29) is 23.9 Å². The third kappa shape index (κ3) is 3.89. The second kappa shape index (κ2) is 7.45. The molecule has 1 saturated heterocycles. The molecule has 1 aliphatic carbocycles. The van der Waals surface area contributed by atoms with Crippen molar-refractivity contribution >= 4 is 5.91 Å². The third-order valence-electron chi connectivity index (χ3n) is 6.13. The molecular formula is C21H30FNO2. The van der Waals surface area contributed by atoms with Crippen LogP contribution in [0.5, 0.6) is 0 Å². The number of amides is 1. The number of nitrogens with zero attached hydrogens (tertiary/aromatic N) is 1. The van der Waals surface area contributed by atoms with Crippen LogP contribution >= 0.6 is 0 Å². The van der Waals surface area contributed by atoms with Gasteiger partial charge < -0.3 is 10.0 Å². The van der Waals surface area contributed by atoms with Crippen LogP contribution < -0.4 is 0 Å². The Bertz CT molecular complexity index is 632. The Hall–Kier alpha value is -1.42. The number of hydrogen-bond acceptors (Lipinski definition) is 2. The van der Waals surface area contributed by atoms with Crippen molar-refractivity contribution in [3.63, 3.8) is 0 Å². The average Bonchev–Trinajstić information content (AvgIpc) is 2.85. The van der Waals surface area contributed by atoms with E-state index in [1.54, 1.807) is 19.1 Å². The first kappa shape index (κ1) is 18.4. The van der Waals surface area contributed by atoms with Crippen LogP contribution in [-0.2, 0) is 11.2 Å². The van der Waals surface area contributed by atoms with Gasteiger partial charge in [0.25, 0.3) is 0 Å². The van der Waals surface area contributed by atoms with Gasteiger partial charge in [0.15, 0.2) is 0 Å². The number of halogens is 1. The van der Waals surface area contributed by atoms with Gasteiger partial charge in [-0.2, -0.15) is 0 Å². The van der Waals surface area contributed by atoms with Crippen LogP contribution in [0.15, 0.2) is 18.2 Å². The summed E-state index contributed by atoms with van der Waals surface area (Å²) in [7, 11) is 0. The summed E-state index contributed by atoms with van der Waals surface area (Å²) in [6.07, 6.45) is 6.66. The van der Waals surface area contributed by atoms with Crippen LogP contribution in [0.2, 0.25) is 0 Å². The molecule has 1 amide bonds. The Morgan fingerprint density at radius 2 is 2.00 bits per heavy atom. The Morgan fingerprint density at radius 1 is 1.24 bits per heavy atom. The molecular weight excluding hydrogens is 317 g/mol. The van der Waals surface area contributed by atoms with Crippen molar-refractivity contribution in [2.45, 2.75) is 77.4 Å². The molecule has 0 aromatic heterocycles. The molecule has 3 unspecified atom stereocenters. The molecule has 1 aliphatic heterocycles. The van der Waals surface area contributed by atoms with Gasteiger partial charge in [-0.1, -0.05) is 38.0 Å². The van der Waals surface area contributed by atoms with Crippen molar-refractivity contribution in [3.8, 4) is 0 Å². The van der Waals surface area contributed by atoms with E-state index in [9.17, 15) is 14.3 Å². The fraction of sp³-hybridized carbons (Fsp3) is 0.667. The summed E-state index contributed by atoms with van der Waals surface area (Å²) in [5.74, 6) is -0.0162. The van der Waals surface area contributed by atoms with E-state index in [2.05, 4.69) is 0 Å². The number of rotatable bonds is 3. The minimum Gasteiger partial charge on any atom is -0.393 e. The van der Waals surface area contributed by atoms with Gasteiger partial charge in [0.05, 0.1) is 11.5 Å². The zero-order valence-corrected chi connectivity index (χ0v) is 15.4. The van der Waals surface area contributed by atoms with Gasteiger partial charge in [-0.15, -0.1) is 0 Å². The highest BCUT2D eigenvalue weighted by atomic mass is 19.1. The van der Waals surface area contributed by atoms with Gasteiger partial charge in [0.1, 0.15) is 5.82 Å². The number of hydrogen-bond donors (Lipinski definition) is 1. The van der Waals surface area contributed by atoms with Crippen LogP contribution in [0.4, 0.5) is 4.39 Å². The molecule has 3 nitrogen and oxygen atoms in total. The van der Waals surface area contributed by atoms with E-state index in [1.807, 2.05) is 17.9 Å². The van der Waals surface area contributed by atoms with Crippen molar-refractivity contribution in [3.05, 3.63) is 35.1 Å². The summed E-state index contributed by atoms with van der Waals surface area (Å²) in [4.78, 5) is 15.2. The summed E-state index contributed by atoms with van der Waals surface area (Å²) >= 11 is 0. The van der Waals surface area contributed by atoms with Crippen LogP contribution in [0.3, 0.4) is 0 Å². The summed E-state index contributed by atoms with van der Waals surface area (Å²) in [5.41, 5.74) is 0.762. The minimum atomic E-state index is -0.518. The lowest BCUT2D eigenvalue weighted by atomic mass is 9.81. The minimum absolute atomic E-state index is 0.161. The van der Waals surface area contributed by atoms with Crippen LogP contribution in [0.25, 0.3) is 0 Å². The zero-order valence-electron chi connectivity index (χ0n) is 15.4. The largest absolute Gasteiger partial charge is 0.393 e.